The number of ether oxygens (including phenoxy) is 1. The van der Waals surface area contributed by atoms with Gasteiger partial charge in [-0.25, -0.2) is 4.98 Å². The number of thiophene rings is 1. The van der Waals surface area contributed by atoms with E-state index in [0.717, 1.165) is 55.1 Å². The van der Waals surface area contributed by atoms with E-state index in [1.807, 2.05) is 12.1 Å². The molecule has 2 aromatic heterocycles. The Morgan fingerprint density at radius 1 is 1.10 bits per heavy atom. The first-order valence-electron chi connectivity index (χ1n) is 10.8. The second-order valence-corrected chi connectivity index (χ2v) is 9.50. The number of fused-ring (bicyclic) bond motifs is 1. The average molecular weight is 425 g/mol. The van der Waals surface area contributed by atoms with Crippen molar-refractivity contribution < 1.29 is 4.74 Å². The van der Waals surface area contributed by atoms with Gasteiger partial charge in [-0.3, -0.25) is 9.36 Å². The predicted molar refractivity (Wildman–Crippen MR) is 122 cm³/mol. The van der Waals surface area contributed by atoms with Gasteiger partial charge in [-0.1, -0.05) is 0 Å². The molecule has 2 aliphatic rings. The summed E-state index contributed by atoms with van der Waals surface area (Å²) in [6.07, 6.45) is 4.04. The zero-order valence-corrected chi connectivity index (χ0v) is 18.4. The number of nitrogens with zero attached hydrogens (tertiary/aromatic N) is 4. The van der Waals surface area contributed by atoms with E-state index in [9.17, 15) is 4.79 Å². The number of anilines is 1. The summed E-state index contributed by atoms with van der Waals surface area (Å²) in [5, 5.41) is 0. The Hall–Kier alpha value is -2.22. The van der Waals surface area contributed by atoms with Crippen LogP contribution in [0.15, 0.2) is 41.5 Å². The molecule has 7 heteroatoms. The Bertz CT molecular complexity index is 1090. The van der Waals surface area contributed by atoms with Gasteiger partial charge < -0.3 is 14.5 Å². The molecule has 2 saturated heterocycles. The molecule has 0 N–H and O–H groups in total. The summed E-state index contributed by atoms with van der Waals surface area (Å²) in [7, 11) is 2.18. The van der Waals surface area contributed by atoms with Crippen molar-refractivity contribution in [2.45, 2.75) is 31.8 Å². The van der Waals surface area contributed by atoms with Crippen LogP contribution in [0.1, 0.15) is 30.6 Å². The van der Waals surface area contributed by atoms with E-state index < -0.39 is 0 Å². The summed E-state index contributed by atoms with van der Waals surface area (Å²) in [4.78, 5) is 23.8. The van der Waals surface area contributed by atoms with Crippen molar-refractivity contribution >= 4 is 27.2 Å². The number of aromatic nitrogens is 2. The minimum atomic E-state index is 0.00645. The van der Waals surface area contributed by atoms with Gasteiger partial charge in [0, 0.05) is 42.7 Å². The molecule has 0 bridgehead atoms. The van der Waals surface area contributed by atoms with Crippen molar-refractivity contribution in [3.05, 3.63) is 51.9 Å². The summed E-state index contributed by atoms with van der Waals surface area (Å²) in [6, 6.07) is 10.4. The molecule has 0 spiro atoms. The molecular formula is C23H28N4O2S. The SMILES string of the molecule is CC1OCCC1c1cc2ncn(-c3ccc(N4CCCN(C)CC4)cc3)c(=O)c2s1. The maximum absolute atomic E-state index is 13.2. The molecule has 2 atom stereocenters. The number of hydrogen-bond acceptors (Lipinski definition) is 6. The van der Waals surface area contributed by atoms with Gasteiger partial charge in [-0.05, 0) is 63.7 Å². The summed E-state index contributed by atoms with van der Waals surface area (Å²) in [6.45, 7) is 7.22. The molecule has 2 fully saturated rings. The first-order chi connectivity index (χ1) is 14.6. The molecule has 0 radical (unpaired) electrons. The maximum atomic E-state index is 13.2. The minimum Gasteiger partial charge on any atom is -0.378 e. The van der Waals surface area contributed by atoms with Gasteiger partial charge in [0.1, 0.15) is 11.0 Å². The first-order valence-corrected chi connectivity index (χ1v) is 11.6. The van der Waals surface area contributed by atoms with Gasteiger partial charge in [-0.15, -0.1) is 11.3 Å². The monoisotopic (exact) mass is 424 g/mol. The van der Waals surface area contributed by atoms with E-state index in [2.05, 4.69) is 47.0 Å². The molecular weight excluding hydrogens is 396 g/mol. The summed E-state index contributed by atoms with van der Waals surface area (Å²) in [5.41, 5.74) is 2.87. The Morgan fingerprint density at radius 3 is 2.67 bits per heavy atom. The van der Waals surface area contributed by atoms with E-state index in [4.69, 9.17) is 4.74 Å². The third-order valence-corrected chi connectivity index (χ3v) is 7.66. The molecule has 2 unspecified atom stereocenters. The Morgan fingerprint density at radius 2 is 1.90 bits per heavy atom. The maximum Gasteiger partial charge on any atom is 0.275 e. The highest BCUT2D eigenvalue weighted by atomic mass is 32.1. The van der Waals surface area contributed by atoms with Crippen molar-refractivity contribution in [1.82, 2.24) is 14.5 Å². The van der Waals surface area contributed by atoms with Gasteiger partial charge in [-0.2, -0.15) is 0 Å². The highest BCUT2D eigenvalue weighted by molar-refractivity contribution is 7.19. The lowest BCUT2D eigenvalue weighted by atomic mass is 10.0. The fourth-order valence-electron chi connectivity index (χ4n) is 4.53. The van der Waals surface area contributed by atoms with E-state index in [1.54, 1.807) is 22.2 Å². The lowest BCUT2D eigenvalue weighted by Crippen LogP contribution is -2.28. The fraction of sp³-hybridized carbons (Fsp3) is 0.478. The number of likely N-dealkylation sites (N-methyl/N-ethyl adjacent to an activating group) is 1. The van der Waals surface area contributed by atoms with Crippen LogP contribution in [0.3, 0.4) is 0 Å². The molecule has 0 saturated carbocycles. The van der Waals surface area contributed by atoms with Crippen LogP contribution >= 0.6 is 11.3 Å². The molecule has 3 aromatic rings. The Balaban J connectivity index is 1.43. The van der Waals surface area contributed by atoms with E-state index in [0.29, 0.717) is 5.92 Å². The van der Waals surface area contributed by atoms with Crippen LogP contribution in [0.2, 0.25) is 0 Å². The van der Waals surface area contributed by atoms with Crippen LogP contribution in [0.25, 0.3) is 15.9 Å². The zero-order valence-electron chi connectivity index (χ0n) is 17.6. The van der Waals surface area contributed by atoms with E-state index >= 15 is 0 Å². The van der Waals surface area contributed by atoms with Crippen LogP contribution < -0.4 is 10.5 Å². The van der Waals surface area contributed by atoms with Crippen LogP contribution in [-0.4, -0.2) is 60.4 Å². The van der Waals surface area contributed by atoms with Gasteiger partial charge in [0.15, 0.2) is 0 Å². The van der Waals surface area contributed by atoms with E-state index in [1.165, 1.54) is 17.0 Å². The smallest absolute Gasteiger partial charge is 0.275 e. The molecule has 6 nitrogen and oxygen atoms in total. The molecule has 0 amide bonds. The second-order valence-electron chi connectivity index (χ2n) is 8.41. The lowest BCUT2D eigenvalue weighted by molar-refractivity contribution is 0.119. The van der Waals surface area contributed by atoms with Crippen molar-refractivity contribution in [3.8, 4) is 5.69 Å². The van der Waals surface area contributed by atoms with Crippen molar-refractivity contribution in [2.24, 2.45) is 0 Å². The second kappa shape index (κ2) is 8.13. The fourth-order valence-corrected chi connectivity index (χ4v) is 5.80. The molecule has 30 heavy (non-hydrogen) atoms. The minimum absolute atomic E-state index is 0.00645. The van der Waals surface area contributed by atoms with Crippen LogP contribution in [0.5, 0.6) is 0 Å². The van der Waals surface area contributed by atoms with Gasteiger partial charge >= 0.3 is 0 Å². The van der Waals surface area contributed by atoms with Crippen LogP contribution in [-0.2, 0) is 4.74 Å². The third-order valence-electron chi connectivity index (χ3n) is 6.41. The Labute approximate surface area is 180 Å². The highest BCUT2D eigenvalue weighted by Crippen LogP contribution is 2.36. The van der Waals surface area contributed by atoms with Gasteiger partial charge in [0.25, 0.3) is 5.56 Å². The molecule has 1 aromatic carbocycles. The quantitative estimate of drug-likeness (QED) is 0.644. The highest BCUT2D eigenvalue weighted by Gasteiger charge is 2.28. The number of rotatable bonds is 3. The molecule has 2 aliphatic heterocycles. The molecule has 0 aliphatic carbocycles. The van der Waals surface area contributed by atoms with Crippen LogP contribution in [0.4, 0.5) is 5.69 Å². The third kappa shape index (κ3) is 3.66. The van der Waals surface area contributed by atoms with Crippen molar-refractivity contribution in [3.63, 3.8) is 0 Å². The number of hydrogen-bond donors (Lipinski definition) is 0. The largest absolute Gasteiger partial charge is 0.378 e. The number of benzene rings is 1. The normalized spacial score (nSPS) is 23.2. The van der Waals surface area contributed by atoms with Crippen molar-refractivity contribution in [2.75, 3.05) is 44.7 Å². The summed E-state index contributed by atoms with van der Waals surface area (Å²) >= 11 is 1.57. The average Bonchev–Trinajstić information content (AvgIpc) is 3.31. The lowest BCUT2D eigenvalue weighted by Gasteiger charge is -2.23. The first kappa shape index (κ1) is 19.7. The molecule has 158 valence electrons. The topological polar surface area (TPSA) is 50.6 Å². The molecule has 4 heterocycles. The van der Waals surface area contributed by atoms with Gasteiger partial charge in [0.05, 0.1) is 17.3 Å². The standard InChI is InChI=1S/C23H28N4O2S/c1-16-19(8-13-29-16)21-14-20-22(30-21)23(28)27(15-24-20)18-6-4-17(5-7-18)26-10-3-9-25(2)11-12-26/h4-7,14-16,19H,3,8-13H2,1-2H3. The Kier molecular flexibility index (Phi) is 5.35. The summed E-state index contributed by atoms with van der Waals surface area (Å²) in [5.74, 6) is 0.365. The van der Waals surface area contributed by atoms with E-state index in [-0.39, 0.29) is 11.7 Å². The van der Waals surface area contributed by atoms with Crippen LogP contribution in [0, 0.1) is 0 Å². The summed E-state index contributed by atoms with van der Waals surface area (Å²) < 4.78 is 8.10. The molecule has 5 rings (SSSR count). The predicted octanol–water partition coefficient (Wildman–Crippen LogP) is 3.48. The van der Waals surface area contributed by atoms with Gasteiger partial charge in [0.2, 0.25) is 0 Å². The van der Waals surface area contributed by atoms with Crippen molar-refractivity contribution in [1.29, 1.82) is 0 Å². The zero-order chi connectivity index (χ0) is 20.7.